The van der Waals surface area contributed by atoms with Crippen LogP contribution in [0, 0.1) is 5.92 Å². The second-order valence-corrected chi connectivity index (χ2v) is 5.72. The number of carbonyl (C=O) groups excluding carboxylic acids is 1. The third-order valence-corrected chi connectivity index (χ3v) is 3.81. The van der Waals surface area contributed by atoms with Crippen molar-refractivity contribution < 1.29 is 4.79 Å². The second-order valence-electron chi connectivity index (χ2n) is 5.72. The van der Waals surface area contributed by atoms with Crippen molar-refractivity contribution in [2.45, 2.75) is 44.8 Å². The van der Waals surface area contributed by atoms with Gasteiger partial charge in [-0.25, -0.2) is 4.68 Å². The van der Waals surface area contributed by atoms with Gasteiger partial charge in [-0.05, 0) is 38.1 Å². The first kappa shape index (κ1) is 12.6. The molecular formula is C13H21N5O. The number of likely N-dealkylation sites (N-methyl/N-ethyl adjacent to an activating group) is 1. The second kappa shape index (κ2) is 5.28. The summed E-state index contributed by atoms with van der Waals surface area (Å²) < 4.78 is 1.63. The van der Waals surface area contributed by atoms with Gasteiger partial charge in [0.1, 0.15) is 6.54 Å². The maximum absolute atomic E-state index is 11.9. The van der Waals surface area contributed by atoms with Crippen LogP contribution < -0.4 is 5.32 Å². The highest BCUT2D eigenvalue weighted by Crippen LogP contribution is 2.27. The number of hydrogen-bond donors (Lipinski definition) is 1. The van der Waals surface area contributed by atoms with Gasteiger partial charge in [-0.2, -0.15) is 0 Å². The third-order valence-electron chi connectivity index (χ3n) is 3.81. The predicted molar refractivity (Wildman–Crippen MR) is 70.2 cm³/mol. The Morgan fingerprint density at radius 1 is 1.47 bits per heavy atom. The maximum atomic E-state index is 11.9. The van der Waals surface area contributed by atoms with E-state index in [1.165, 1.54) is 12.8 Å². The SMILES string of the molecule is CN(C(=O)Cn1cc(CNCC2CC2)nn1)C1CC1. The van der Waals surface area contributed by atoms with Gasteiger partial charge in [0.2, 0.25) is 5.91 Å². The van der Waals surface area contributed by atoms with E-state index in [1.54, 1.807) is 4.68 Å². The lowest BCUT2D eigenvalue weighted by Gasteiger charge is -2.15. The van der Waals surface area contributed by atoms with Gasteiger partial charge in [-0.3, -0.25) is 4.79 Å². The first-order valence-corrected chi connectivity index (χ1v) is 7.08. The summed E-state index contributed by atoms with van der Waals surface area (Å²) in [4.78, 5) is 13.8. The molecule has 0 bridgehead atoms. The van der Waals surface area contributed by atoms with Crippen LogP contribution in [0.15, 0.2) is 6.20 Å². The van der Waals surface area contributed by atoms with E-state index in [-0.39, 0.29) is 5.91 Å². The minimum atomic E-state index is 0.116. The standard InChI is InChI=1S/C13H21N5O/c1-17(12-4-5-12)13(19)9-18-8-11(15-16-18)7-14-6-10-2-3-10/h8,10,12,14H,2-7,9H2,1H3. The monoisotopic (exact) mass is 263 g/mol. The lowest BCUT2D eigenvalue weighted by atomic mass is 10.4. The van der Waals surface area contributed by atoms with Gasteiger partial charge in [0.25, 0.3) is 0 Å². The van der Waals surface area contributed by atoms with Crippen molar-refractivity contribution in [3.05, 3.63) is 11.9 Å². The predicted octanol–water partition coefficient (Wildman–Crippen LogP) is 0.398. The molecule has 3 rings (SSSR count). The van der Waals surface area contributed by atoms with Crippen molar-refractivity contribution >= 4 is 5.91 Å². The summed E-state index contributed by atoms with van der Waals surface area (Å²) in [7, 11) is 1.87. The highest BCUT2D eigenvalue weighted by atomic mass is 16.2. The molecule has 1 amide bonds. The smallest absolute Gasteiger partial charge is 0.244 e. The van der Waals surface area contributed by atoms with Gasteiger partial charge in [0.05, 0.1) is 11.9 Å². The van der Waals surface area contributed by atoms with E-state index < -0.39 is 0 Å². The lowest BCUT2D eigenvalue weighted by molar-refractivity contribution is -0.131. The fourth-order valence-corrected chi connectivity index (χ4v) is 2.14. The maximum Gasteiger partial charge on any atom is 0.244 e. The van der Waals surface area contributed by atoms with Crippen molar-refractivity contribution in [1.82, 2.24) is 25.2 Å². The third kappa shape index (κ3) is 3.53. The van der Waals surface area contributed by atoms with Crippen LogP contribution in [0.5, 0.6) is 0 Å². The van der Waals surface area contributed by atoms with Gasteiger partial charge >= 0.3 is 0 Å². The van der Waals surface area contributed by atoms with E-state index in [9.17, 15) is 4.79 Å². The molecule has 0 spiro atoms. The molecule has 0 aromatic carbocycles. The van der Waals surface area contributed by atoms with E-state index in [0.29, 0.717) is 12.6 Å². The normalized spacial score (nSPS) is 18.6. The van der Waals surface area contributed by atoms with E-state index in [4.69, 9.17) is 0 Å². The average Bonchev–Trinajstić information content (AvgIpc) is 3.29. The van der Waals surface area contributed by atoms with Crippen LogP contribution in [0.2, 0.25) is 0 Å². The van der Waals surface area contributed by atoms with Crippen LogP contribution in [-0.4, -0.2) is 45.4 Å². The summed E-state index contributed by atoms with van der Waals surface area (Å²) in [5, 5.41) is 11.5. The highest BCUT2D eigenvalue weighted by molar-refractivity contribution is 5.76. The summed E-state index contributed by atoms with van der Waals surface area (Å²) in [5.41, 5.74) is 0.905. The Labute approximate surface area is 113 Å². The Morgan fingerprint density at radius 3 is 2.95 bits per heavy atom. The summed E-state index contributed by atoms with van der Waals surface area (Å²) in [6.45, 7) is 2.10. The number of nitrogens with zero attached hydrogens (tertiary/aromatic N) is 4. The van der Waals surface area contributed by atoms with Crippen LogP contribution in [0.3, 0.4) is 0 Å². The summed E-state index contributed by atoms with van der Waals surface area (Å²) >= 11 is 0. The summed E-state index contributed by atoms with van der Waals surface area (Å²) in [5.74, 6) is 0.980. The largest absolute Gasteiger partial charge is 0.341 e. The summed E-state index contributed by atoms with van der Waals surface area (Å²) in [6, 6.07) is 0.454. The van der Waals surface area contributed by atoms with Crippen molar-refractivity contribution in [1.29, 1.82) is 0 Å². The first-order chi connectivity index (χ1) is 9.22. The van der Waals surface area contributed by atoms with Crippen LogP contribution in [-0.2, 0) is 17.9 Å². The molecule has 1 aromatic heterocycles. The molecule has 0 radical (unpaired) electrons. The minimum absolute atomic E-state index is 0.116. The number of carbonyl (C=O) groups is 1. The molecule has 0 unspecified atom stereocenters. The van der Waals surface area contributed by atoms with E-state index >= 15 is 0 Å². The molecule has 0 atom stereocenters. The Morgan fingerprint density at radius 2 is 2.26 bits per heavy atom. The van der Waals surface area contributed by atoms with E-state index in [0.717, 1.165) is 37.5 Å². The van der Waals surface area contributed by atoms with Crippen molar-refractivity contribution in [2.75, 3.05) is 13.6 Å². The number of nitrogens with one attached hydrogen (secondary N) is 1. The fraction of sp³-hybridized carbons (Fsp3) is 0.769. The van der Waals surface area contributed by atoms with Gasteiger partial charge in [0, 0.05) is 19.6 Å². The summed E-state index contributed by atoms with van der Waals surface area (Å²) in [6.07, 6.45) is 6.83. The van der Waals surface area contributed by atoms with Gasteiger partial charge in [0.15, 0.2) is 0 Å². The van der Waals surface area contributed by atoms with E-state index in [1.807, 2.05) is 18.1 Å². The quantitative estimate of drug-likeness (QED) is 0.773. The van der Waals surface area contributed by atoms with Crippen LogP contribution >= 0.6 is 0 Å². The lowest BCUT2D eigenvalue weighted by Crippen LogP contribution is -2.32. The van der Waals surface area contributed by atoms with Gasteiger partial charge in [-0.15, -0.1) is 5.10 Å². The molecule has 2 aliphatic carbocycles. The topological polar surface area (TPSA) is 63.1 Å². The molecule has 6 nitrogen and oxygen atoms in total. The molecule has 1 N–H and O–H groups in total. The Kier molecular flexibility index (Phi) is 3.50. The minimum Gasteiger partial charge on any atom is -0.341 e. The van der Waals surface area contributed by atoms with Crippen LogP contribution in [0.4, 0.5) is 0 Å². The Hall–Kier alpha value is -1.43. The first-order valence-electron chi connectivity index (χ1n) is 7.08. The van der Waals surface area contributed by atoms with Crippen LogP contribution in [0.1, 0.15) is 31.4 Å². The molecule has 19 heavy (non-hydrogen) atoms. The molecule has 0 aliphatic heterocycles. The Bertz CT molecular complexity index is 450. The molecule has 1 heterocycles. The zero-order valence-electron chi connectivity index (χ0n) is 11.4. The van der Waals surface area contributed by atoms with Crippen molar-refractivity contribution in [3.8, 4) is 0 Å². The number of hydrogen-bond acceptors (Lipinski definition) is 4. The molecule has 1 aromatic rings. The molecule has 2 aliphatic rings. The van der Waals surface area contributed by atoms with Crippen molar-refractivity contribution in [2.24, 2.45) is 5.92 Å². The molecule has 2 fully saturated rings. The molecule has 6 heteroatoms. The zero-order valence-corrected chi connectivity index (χ0v) is 11.4. The van der Waals surface area contributed by atoms with Crippen LogP contribution in [0.25, 0.3) is 0 Å². The number of rotatable bonds is 7. The highest BCUT2D eigenvalue weighted by Gasteiger charge is 2.29. The molecule has 104 valence electrons. The fourth-order valence-electron chi connectivity index (χ4n) is 2.14. The molecular weight excluding hydrogens is 242 g/mol. The zero-order chi connectivity index (χ0) is 13.2. The van der Waals surface area contributed by atoms with Crippen molar-refractivity contribution in [3.63, 3.8) is 0 Å². The average molecular weight is 263 g/mol. The van der Waals surface area contributed by atoms with Gasteiger partial charge < -0.3 is 10.2 Å². The number of aromatic nitrogens is 3. The van der Waals surface area contributed by atoms with Gasteiger partial charge in [-0.1, -0.05) is 5.21 Å². The molecule has 0 saturated heterocycles. The Balaban J connectivity index is 1.44. The van der Waals surface area contributed by atoms with E-state index in [2.05, 4.69) is 15.6 Å². The molecule has 2 saturated carbocycles. The number of amides is 1.